The SMILES string of the molecule is COc1ccc(CCNC(=S)N(CCc2ccccc2)Cc2cc3cc4c(cc3[nH]c2=O)OCO4)cc1OC. The standard InChI is InChI=1S/C30H31N3O5S/c1-35-25-9-8-21(14-26(25)36-2)10-12-31-30(39)33(13-11-20-6-4-3-5-7-20)18-23-15-22-16-27-28(38-19-37-27)17-24(22)32-29(23)34/h3-9,14-17H,10-13,18-19H2,1-2H3,(H,31,39)(H,32,34). The van der Waals surface area contributed by atoms with Crippen LogP contribution in [0.1, 0.15) is 16.7 Å². The average molecular weight is 546 g/mol. The van der Waals surface area contributed by atoms with Crippen LogP contribution < -0.4 is 29.8 Å². The number of thiocarbonyl (C=S) groups is 1. The van der Waals surface area contributed by atoms with Crippen molar-refractivity contribution in [1.29, 1.82) is 0 Å². The minimum absolute atomic E-state index is 0.154. The first kappa shape index (κ1) is 26.4. The molecule has 5 rings (SSSR count). The topological polar surface area (TPSA) is 85.1 Å². The molecule has 3 aromatic carbocycles. The molecule has 1 aliphatic heterocycles. The van der Waals surface area contributed by atoms with Crippen LogP contribution in [0.5, 0.6) is 23.0 Å². The zero-order valence-electron chi connectivity index (χ0n) is 22.0. The molecular weight excluding hydrogens is 514 g/mol. The summed E-state index contributed by atoms with van der Waals surface area (Å²) in [6.45, 7) is 1.84. The largest absolute Gasteiger partial charge is 0.493 e. The number of ether oxygens (including phenoxy) is 4. The third kappa shape index (κ3) is 6.26. The number of aromatic amines is 1. The van der Waals surface area contributed by atoms with E-state index in [1.165, 1.54) is 5.56 Å². The Hall–Kier alpha value is -4.24. The molecule has 0 saturated heterocycles. The molecule has 8 nitrogen and oxygen atoms in total. The van der Waals surface area contributed by atoms with Crippen LogP contribution >= 0.6 is 12.2 Å². The van der Waals surface area contributed by atoms with Crippen LogP contribution in [0.4, 0.5) is 0 Å². The van der Waals surface area contributed by atoms with Crippen LogP contribution in [-0.2, 0) is 19.4 Å². The summed E-state index contributed by atoms with van der Waals surface area (Å²) in [5, 5.41) is 4.85. The Kier molecular flexibility index (Phi) is 8.17. The number of rotatable bonds is 10. The summed E-state index contributed by atoms with van der Waals surface area (Å²) in [6, 6.07) is 21.7. The molecule has 0 aliphatic carbocycles. The molecule has 9 heteroatoms. The predicted molar refractivity (Wildman–Crippen MR) is 155 cm³/mol. The average Bonchev–Trinajstić information content (AvgIpc) is 3.41. The highest BCUT2D eigenvalue weighted by Gasteiger charge is 2.17. The van der Waals surface area contributed by atoms with E-state index in [0.717, 1.165) is 23.8 Å². The maximum Gasteiger partial charge on any atom is 0.253 e. The Labute approximate surface area is 232 Å². The summed E-state index contributed by atoms with van der Waals surface area (Å²) in [6.07, 6.45) is 1.54. The maximum absolute atomic E-state index is 13.0. The van der Waals surface area contributed by atoms with E-state index in [4.69, 9.17) is 31.2 Å². The number of aromatic nitrogens is 1. The molecule has 0 atom stereocenters. The fourth-order valence-corrected chi connectivity index (χ4v) is 4.85. The quantitative estimate of drug-likeness (QED) is 0.283. The molecule has 0 spiro atoms. The molecule has 0 bridgehead atoms. The lowest BCUT2D eigenvalue weighted by Crippen LogP contribution is -2.42. The Morgan fingerprint density at radius 1 is 0.949 bits per heavy atom. The number of pyridine rings is 1. The minimum Gasteiger partial charge on any atom is -0.493 e. The predicted octanol–water partition coefficient (Wildman–Crippen LogP) is 4.44. The highest BCUT2D eigenvalue weighted by molar-refractivity contribution is 7.80. The van der Waals surface area contributed by atoms with Gasteiger partial charge in [-0.05, 0) is 60.5 Å². The molecule has 39 heavy (non-hydrogen) atoms. The van der Waals surface area contributed by atoms with Gasteiger partial charge in [0, 0.05) is 30.1 Å². The molecular formula is C30H31N3O5S. The highest BCUT2D eigenvalue weighted by atomic mass is 32.1. The lowest BCUT2D eigenvalue weighted by atomic mass is 10.1. The van der Waals surface area contributed by atoms with Crippen molar-refractivity contribution in [3.8, 4) is 23.0 Å². The van der Waals surface area contributed by atoms with E-state index < -0.39 is 0 Å². The second-order valence-electron chi connectivity index (χ2n) is 9.24. The maximum atomic E-state index is 13.0. The number of benzene rings is 3. The van der Waals surface area contributed by atoms with Crippen molar-refractivity contribution in [3.05, 3.63) is 93.8 Å². The van der Waals surface area contributed by atoms with Gasteiger partial charge in [0.05, 0.1) is 26.3 Å². The van der Waals surface area contributed by atoms with E-state index in [2.05, 4.69) is 22.4 Å². The van der Waals surface area contributed by atoms with E-state index >= 15 is 0 Å². The number of H-pyrrole nitrogens is 1. The molecule has 1 aromatic heterocycles. The molecule has 202 valence electrons. The summed E-state index contributed by atoms with van der Waals surface area (Å²) < 4.78 is 21.7. The van der Waals surface area contributed by atoms with Crippen LogP contribution in [0.2, 0.25) is 0 Å². The molecule has 2 N–H and O–H groups in total. The number of hydrogen-bond acceptors (Lipinski definition) is 6. The lowest BCUT2D eigenvalue weighted by Gasteiger charge is -2.26. The normalized spacial score (nSPS) is 11.8. The third-order valence-corrected chi connectivity index (χ3v) is 7.12. The zero-order valence-corrected chi connectivity index (χ0v) is 22.8. The molecule has 1 aliphatic rings. The van der Waals surface area contributed by atoms with Gasteiger partial charge in [-0.2, -0.15) is 0 Å². The number of hydrogen-bond donors (Lipinski definition) is 2. The van der Waals surface area contributed by atoms with Crippen molar-refractivity contribution in [2.45, 2.75) is 19.4 Å². The first-order chi connectivity index (χ1) is 19.0. The van der Waals surface area contributed by atoms with Gasteiger partial charge in [-0.3, -0.25) is 4.79 Å². The smallest absolute Gasteiger partial charge is 0.253 e. The third-order valence-electron chi connectivity index (χ3n) is 6.71. The Morgan fingerprint density at radius 2 is 1.72 bits per heavy atom. The Bertz CT molecular complexity index is 1520. The van der Waals surface area contributed by atoms with Crippen molar-refractivity contribution in [3.63, 3.8) is 0 Å². The molecule has 2 heterocycles. The number of methoxy groups -OCH3 is 2. The van der Waals surface area contributed by atoms with E-state index in [1.54, 1.807) is 20.3 Å². The van der Waals surface area contributed by atoms with Gasteiger partial charge in [0.2, 0.25) is 6.79 Å². The first-order valence-corrected chi connectivity index (χ1v) is 13.2. The summed E-state index contributed by atoms with van der Waals surface area (Å²) >= 11 is 5.82. The van der Waals surface area contributed by atoms with Crippen LogP contribution in [-0.4, -0.2) is 49.1 Å². The van der Waals surface area contributed by atoms with Gasteiger partial charge in [0.1, 0.15) is 0 Å². The van der Waals surface area contributed by atoms with Gasteiger partial charge >= 0.3 is 0 Å². The summed E-state index contributed by atoms with van der Waals surface area (Å²) in [4.78, 5) is 18.1. The van der Waals surface area contributed by atoms with Gasteiger partial charge in [-0.25, -0.2) is 0 Å². The van der Waals surface area contributed by atoms with Crippen LogP contribution in [0.15, 0.2) is 71.5 Å². The molecule has 0 saturated carbocycles. The van der Waals surface area contributed by atoms with E-state index in [1.807, 2.05) is 53.4 Å². The summed E-state index contributed by atoms with van der Waals surface area (Å²) in [5.74, 6) is 2.70. The fourth-order valence-electron chi connectivity index (χ4n) is 4.59. The van der Waals surface area contributed by atoms with Gasteiger partial charge in [0.25, 0.3) is 5.56 Å². The first-order valence-electron chi connectivity index (χ1n) is 12.8. The van der Waals surface area contributed by atoms with Gasteiger partial charge in [-0.1, -0.05) is 36.4 Å². The monoisotopic (exact) mass is 545 g/mol. The van der Waals surface area contributed by atoms with E-state index in [-0.39, 0.29) is 12.4 Å². The van der Waals surface area contributed by atoms with E-state index in [0.29, 0.717) is 58.8 Å². The lowest BCUT2D eigenvalue weighted by molar-refractivity contribution is 0.174. The number of nitrogens with one attached hydrogen (secondary N) is 2. The van der Waals surface area contributed by atoms with Crippen molar-refractivity contribution in [2.24, 2.45) is 0 Å². The van der Waals surface area contributed by atoms with Crippen molar-refractivity contribution in [2.75, 3.05) is 34.1 Å². The van der Waals surface area contributed by atoms with Crippen molar-refractivity contribution < 1.29 is 18.9 Å². The van der Waals surface area contributed by atoms with Crippen LogP contribution in [0.3, 0.4) is 0 Å². The van der Waals surface area contributed by atoms with Crippen LogP contribution in [0.25, 0.3) is 10.9 Å². The number of nitrogens with zero attached hydrogens (tertiary/aromatic N) is 1. The van der Waals surface area contributed by atoms with Gasteiger partial charge in [-0.15, -0.1) is 0 Å². The van der Waals surface area contributed by atoms with Gasteiger partial charge < -0.3 is 34.1 Å². The second-order valence-corrected chi connectivity index (χ2v) is 9.63. The fraction of sp³-hybridized carbons (Fsp3) is 0.267. The summed E-state index contributed by atoms with van der Waals surface area (Å²) in [5.41, 5.74) is 3.48. The summed E-state index contributed by atoms with van der Waals surface area (Å²) in [7, 11) is 3.25. The molecule has 0 radical (unpaired) electrons. The zero-order chi connectivity index (χ0) is 27.2. The van der Waals surface area contributed by atoms with Gasteiger partial charge in [0.15, 0.2) is 28.1 Å². The van der Waals surface area contributed by atoms with Crippen molar-refractivity contribution in [1.82, 2.24) is 15.2 Å². The molecule has 0 amide bonds. The highest BCUT2D eigenvalue weighted by Crippen LogP contribution is 2.35. The molecule has 0 fully saturated rings. The molecule has 4 aromatic rings. The minimum atomic E-state index is -0.154. The Morgan fingerprint density at radius 3 is 2.49 bits per heavy atom. The second kappa shape index (κ2) is 12.1. The van der Waals surface area contributed by atoms with E-state index in [9.17, 15) is 4.79 Å². The molecule has 0 unspecified atom stereocenters. The van der Waals surface area contributed by atoms with Crippen LogP contribution in [0, 0.1) is 0 Å². The van der Waals surface area contributed by atoms with Crippen molar-refractivity contribution >= 4 is 28.2 Å². The number of fused-ring (bicyclic) bond motifs is 2. The Balaban J connectivity index is 1.31.